The van der Waals surface area contributed by atoms with Crippen LogP contribution >= 0.6 is 0 Å². The number of aryl methyl sites for hydroxylation is 1. The van der Waals surface area contributed by atoms with Crippen LogP contribution in [0.2, 0.25) is 0 Å². The summed E-state index contributed by atoms with van der Waals surface area (Å²) in [6, 6.07) is 7.04. The number of hydrogen-bond acceptors (Lipinski definition) is 6. The van der Waals surface area contributed by atoms with Crippen molar-refractivity contribution in [3.05, 3.63) is 53.1 Å². The number of nitrogens with one attached hydrogen (secondary N) is 1. The third-order valence-electron chi connectivity index (χ3n) is 5.05. The fourth-order valence-corrected chi connectivity index (χ4v) is 3.72. The van der Waals surface area contributed by atoms with Gasteiger partial charge >= 0.3 is 0 Å². The Bertz CT molecular complexity index is 1030. The van der Waals surface area contributed by atoms with Crippen molar-refractivity contribution < 1.29 is 14.1 Å². The van der Waals surface area contributed by atoms with E-state index in [2.05, 4.69) is 20.4 Å². The smallest absolute Gasteiger partial charge is 0.272 e. The van der Waals surface area contributed by atoms with Gasteiger partial charge < -0.3 is 14.7 Å². The molecule has 144 valence electrons. The van der Waals surface area contributed by atoms with Gasteiger partial charge in [0, 0.05) is 37.9 Å². The molecular weight excluding hydrogens is 358 g/mol. The molecule has 0 radical (unpaired) electrons. The van der Waals surface area contributed by atoms with E-state index in [1.54, 1.807) is 42.4 Å². The molecular formula is C20H21N5O3. The minimum absolute atomic E-state index is 0.0319. The summed E-state index contributed by atoms with van der Waals surface area (Å²) in [5.41, 5.74) is 2.64. The maximum Gasteiger partial charge on any atom is 0.272 e. The molecule has 1 saturated heterocycles. The molecule has 1 N–H and O–H groups in total. The Hall–Kier alpha value is -3.29. The number of fused-ring (bicyclic) bond motifs is 1. The number of likely N-dealkylation sites (tertiary alicyclic amines) is 1. The van der Waals surface area contributed by atoms with Crippen LogP contribution in [0.25, 0.3) is 11.1 Å². The number of pyridine rings is 2. The molecule has 1 aliphatic rings. The van der Waals surface area contributed by atoms with Crippen LogP contribution in [0, 0.1) is 6.92 Å². The summed E-state index contributed by atoms with van der Waals surface area (Å²) in [5, 5.41) is 7.52. The van der Waals surface area contributed by atoms with E-state index in [0.29, 0.717) is 46.8 Å². The standard InChI is InChI=1S/C20H21N5O3/c1-12-10-14(18(26)21-2)16-17(24-28-19(16)23-12)13-6-5-9-25(11-13)20(27)15-7-3-4-8-22-15/h3-4,7-8,10,13H,5-6,9,11H2,1-2H3,(H,21,26). The predicted molar refractivity (Wildman–Crippen MR) is 102 cm³/mol. The van der Waals surface area contributed by atoms with Crippen LogP contribution in [-0.2, 0) is 0 Å². The van der Waals surface area contributed by atoms with Crippen LogP contribution in [0.4, 0.5) is 0 Å². The van der Waals surface area contributed by atoms with Crippen LogP contribution < -0.4 is 5.32 Å². The number of nitrogens with zero attached hydrogens (tertiary/aromatic N) is 4. The Kier molecular flexibility index (Phi) is 4.77. The monoisotopic (exact) mass is 379 g/mol. The summed E-state index contributed by atoms with van der Waals surface area (Å²) in [6.07, 6.45) is 3.31. The highest BCUT2D eigenvalue weighted by atomic mass is 16.5. The molecule has 0 saturated carbocycles. The third-order valence-corrected chi connectivity index (χ3v) is 5.05. The fraction of sp³-hybridized carbons (Fsp3) is 0.350. The Morgan fingerprint density at radius 1 is 1.32 bits per heavy atom. The van der Waals surface area contributed by atoms with Crippen molar-refractivity contribution in [2.75, 3.05) is 20.1 Å². The number of amides is 2. The number of hydrogen-bond donors (Lipinski definition) is 1. The summed E-state index contributed by atoms with van der Waals surface area (Å²) in [6.45, 7) is 2.97. The highest BCUT2D eigenvalue weighted by molar-refractivity contribution is 6.06. The number of rotatable bonds is 3. The fourth-order valence-electron chi connectivity index (χ4n) is 3.72. The molecule has 1 atom stereocenters. The lowest BCUT2D eigenvalue weighted by atomic mass is 9.91. The highest BCUT2D eigenvalue weighted by Crippen LogP contribution is 2.33. The van der Waals surface area contributed by atoms with Crippen LogP contribution in [-0.4, -0.2) is 52.0 Å². The first-order valence-electron chi connectivity index (χ1n) is 9.27. The molecule has 8 nitrogen and oxygen atoms in total. The van der Waals surface area contributed by atoms with Gasteiger partial charge in [0.2, 0.25) is 0 Å². The molecule has 0 aromatic carbocycles. The zero-order chi connectivity index (χ0) is 19.7. The van der Waals surface area contributed by atoms with E-state index in [9.17, 15) is 9.59 Å². The van der Waals surface area contributed by atoms with Crippen molar-refractivity contribution in [2.45, 2.75) is 25.7 Å². The van der Waals surface area contributed by atoms with Crippen molar-refractivity contribution in [2.24, 2.45) is 0 Å². The van der Waals surface area contributed by atoms with Gasteiger partial charge in [-0.3, -0.25) is 14.6 Å². The maximum atomic E-state index is 12.8. The number of aromatic nitrogens is 3. The average Bonchev–Trinajstić information content (AvgIpc) is 3.16. The van der Waals surface area contributed by atoms with E-state index >= 15 is 0 Å². The Morgan fingerprint density at radius 3 is 2.93 bits per heavy atom. The Balaban J connectivity index is 1.68. The molecule has 2 amide bonds. The van der Waals surface area contributed by atoms with Crippen molar-refractivity contribution in [3.8, 4) is 0 Å². The first-order chi connectivity index (χ1) is 13.6. The van der Waals surface area contributed by atoms with Gasteiger partial charge in [-0.2, -0.15) is 0 Å². The van der Waals surface area contributed by atoms with Gasteiger partial charge in [0.05, 0.1) is 16.6 Å². The van der Waals surface area contributed by atoms with E-state index in [4.69, 9.17) is 4.52 Å². The van der Waals surface area contributed by atoms with Crippen LogP contribution in [0.5, 0.6) is 0 Å². The van der Waals surface area contributed by atoms with Crippen LogP contribution in [0.1, 0.15) is 51.0 Å². The molecule has 3 aromatic rings. The molecule has 0 bridgehead atoms. The van der Waals surface area contributed by atoms with E-state index in [-0.39, 0.29) is 17.7 Å². The van der Waals surface area contributed by atoms with E-state index < -0.39 is 0 Å². The highest BCUT2D eigenvalue weighted by Gasteiger charge is 2.31. The molecule has 0 aliphatic carbocycles. The van der Waals surface area contributed by atoms with Gasteiger partial charge in [0.25, 0.3) is 17.5 Å². The van der Waals surface area contributed by atoms with Gasteiger partial charge in [-0.25, -0.2) is 4.98 Å². The lowest BCUT2D eigenvalue weighted by Crippen LogP contribution is -2.39. The topological polar surface area (TPSA) is 101 Å². The van der Waals surface area contributed by atoms with Crippen molar-refractivity contribution in [1.82, 2.24) is 25.3 Å². The largest absolute Gasteiger partial charge is 0.355 e. The summed E-state index contributed by atoms with van der Waals surface area (Å²) in [7, 11) is 1.59. The molecule has 8 heteroatoms. The minimum Gasteiger partial charge on any atom is -0.355 e. The van der Waals surface area contributed by atoms with Crippen molar-refractivity contribution in [1.29, 1.82) is 0 Å². The van der Waals surface area contributed by atoms with Crippen molar-refractivity contribution >= 4 is 22.9 Å². The quantitative estimate of drug-likeness (QED) is 0.749. The van der Waals surface area contributed by atoms with Crippen molar-refractivity contribution in [3.63, 3.8) is 0 Å². The second-order valence-electron chi connectivity index (χ2n) is 6.94. The molecule has 4 rings (SSSR count). The summed E-state index contributed by atoms with van der Waals surface area (Å²) >= 11 is 0. The zero-order valence-corrected chi connectivity index (χ0v) is 15.8. The summed E-state index contributed by atoms with van der Waals surface area (Å²) < 4.78 is 5.44. The lowest BCUT2D eigenvalue weighted by molar-refractivity contribution is 0.0698. The number of carbonyl (C=O) groups is 2. The van der Waals surface area contributed by atoms with E-state index in [1.165, 1.54) is 0 Å². The third kappa shape index (κ3) is 3.21. The van der Waals surface area contributed by atoms with Gasteiger partial charge in [0.1, 0.15) is 5.69 Å². The summed E-state index contributed by atoms with van der Waals surface area (Å²) in [5.74, 6) is -0.341. The second-order valence-corrected chi connectivity index (χ2v) is 6.94. The normalized spacial score (nSPS) is 16.9. The Morgan fingerprint density at radius 2 is 2.18 bits per heavy atom. The van der Waals surface area contributed by atoms with Gasteiger partial charge in [-0.05, 0) is 38.0 Å². The molecule has 1 unspecified atom stereocenters. The SMILES string of the molecule is CNC(=O)c1cc(C)nc2onc(C3CCCN(C(=O)c4ccccn4)C3)c12. The van der Waals surface area contributed by atoms with Crippen LogP contribution in [0.3, 0.4) is 0 Å². The molecule has 0 spiro atoms. The lowest BCUT2D eigenvalue weighted by Gasteiger charge is -2.31. The molecule has 1 fully saturated rings. The number of piperidine rings is 1. The van der Waals surface area contributed by atoms with Gasteiger partial charge in [-0.1, -0.05) is 11.2 Å². The molecule has 4 heterocycles. The maximum absolute atomic E-state index is 12.8. The average molecular weight is 379 g/mol. The summed E-state index contributed by atoms with van der Waals surface area (Å²) in [4.78, 5) is 35.5. The predicted octanol–water partition coefficient (Wildman–Crippen LogP) is 2.31. The first-order valence-corrected chi connectivity index (χ1v) is 9.27. The van der Waals surface area contributed by atoms with Crippen LogP contribution in [0.15, 0.2) is 35.0 Å². The van der Waals surface area contributed by atoms with Gasteiger partial charge in [-0.15, -0.1) is 0 Å². The number of carbonyl (C=O) groups excluding carboxylic acids is 2. The minimum atomic E-state index is -0.211. The van der Waals surface area contributed by atoms with Gasteiger partial charge in [0.15, 0.2) is 0 Å². The molecule has 28 heavy (non-hydrogen) atoms. The molecule has 1 aliphatic heterocycles. The second kappa shape index (κ2) is 7.38. The first kappa shape index (κ1) is 18.1. The van der Waals surface area contributed by atoms with E-state index in [1.807, 2.05) is 6.92 Å². The molecule has 3 aromatic heterocycles. The zero-order valence-electron chi connectivity index (χ0n) is 15.8. The van der Waals surface area contributed by atoms with E-state index in [0.717, 1.165) is 12.8 Å². The Labute approximate surface area is 161 Å².